The molecule has 1 N–H and O–H groups in total. The van der Waals surface area contributed by atoms with Crippen molar-refractivity contribution in [3.8, 4) is 11.5 Å². The van der Waals surface area contributed by atoms with Crippen LogP contribution in [0.2, 0.25) is 0 Å². The zero-order chi connectivity index (χ0) is 13.9. The van der Waals surface area contributed by atoms with Crippen LogP contribution in [0.25, 0.3) is 11.5 Å². The van der Waals surface area contributed by atoms with E-state index in [1.807, 2.05) is 42.2 Å². The average Bonchev–Trinajstić information content (AvgIpc) is 2.98. The average molecular weight is 308 g/mol. The van der Waals surface area contributed by atoms with Gasteiger partial charge in [-0.2, -0.15) is 0 Å². The number of carbonyl (C=O) groups is 1. The molecule has 5 nitrogen and oxygen atoms in total. The number of oxazole rings is 1. The lowest BCUT2D eigenvalue weighted by Gasteiger charge is -2.33. The summed E-state index contributed by atoms with van der Waals surface area (Å²) in [6.45, 7) is 4.37. The molecule has 0 saturated carbocycles. The van der Waals surface area contributed by atoms with Gasteiger partial charge >= 0.3 is 0 Å². The van der Waals surface area contributed by atoms with E-state index in [9.17, 15) is 4.79 Å². The number of amides is 1. The number of carbonyl (C=O) groups excluding carboxylic acids is 1. The highest BCUT2D eigenvalue weighted by atomic mass is 35.5. The summed E-state index contributed by atoms with van der Waals surface area (Å²) in [6.07, 6.45) is 1.44. The Morgan fingerprint density at radius 2 is 2.14 bits per heavy atom. The molecule has 0 unspecified atom stereocenters. The molecule has 2 aromatic rings. The summed E-state index contributed by atoms with van der Waals surface area (Å²) in [6, 6.07) is 9.76. The van der Waals surface area contributed by atoms with Crippen molar-refractivity contribution < 1.29 is 9.21 Å². The molecule has 1 atom stereocenters. The highest BCUT2D eigenvalue weighted by molar-refractivity contribution is 5.92. The van der Waals surface area contributed by atoms with Crippen molar-refractivity contribution in [3.05, 3.63) is 42.3 Å². The van der Waals surface area contributed by atoms with E-state index < -0.39 is 0 Å². The van der Waals surface area contributed by atoms with E-state index in [2.05, 4.69) is 10.3 Å². The van der Waals surface area contributed by atoms with Gasteiger partial charge in [-0.05, 0) is 19.1 Å². The molecule has 0 aliphatic carbocycles. The van der Waals surface area contributed by atoms with Crippen molar-refractivity contribution in [1.82, 2.24) is 15.2 Å². The van der Waals surface area contributed by atoms with Gasteiger partial charge in [0.1, 0.15) is 6.26 Å². The molecule has 1 aliphatic heterocycles. The topological polar surface area (TPSA) is 58.4 Å². The fourth-order valence-corrected chi connectivity index (χ4v) is 2.38. The molecule has 1 amide bonds. The molecule has 3 rings (SSSR count). The Bertz CT molecular complexity index is 600. The Labute approximate surface area is 129 Å². The van der Waals surface area contributed by atoms with Crippen LogP contribution in [0, 0.1) is 0 Å². The molecule has 0 bridgehead atoms. The highest BCUT2D eigenvalue weighted by Gasteiger charge is 2.26. The van der Waals surface area contributed by atoms with Crippen LogP contribution in [0.5, 0.6) is 0 Å². The van der Waals surface area contributed by atoms with Crippen molar-refractivity contribution in [3.63, 3.8) is 0 Å². The fraction of sp³-hybridized carbons (Fsp3) is 0.333. The minimum Gasteiger partial charge on any atom is -0.444 e. The summed E-state index contributed by atoms with van der Waals surface area (Å²) >= 11 is 0. The third-order valence-electron chi connectivity index (χ3n) is 3.51. The SMILES string of the molecule is C[C@@H]1CNCCN1C(=O)c1coc(-c2ccccc2)n1.Cl. The lowest BCUT2D eigenvalue weighted by atomic mass is 10.2. The maximum atomic E-state index is 12.4. The number of hydrogen-bond acceptors (Lipinski definition) is 4. The summed E-state index contributed by atoms with van der Waals surface area (Å²) in [5, 5.41) is 3.26. The van der Waals surface area contributed by atoms with Crippen LogP contribution in [-0.2, 0) is 0 Å². The molecule has 0 spiro atoms. The Kier molecular flexibility index (Phi) is 4.98. The quantitative estimate of drug-likeness (QED) is 0.924. The van der Waals surface area contributed by atoms with E-state index in [-0.39, 0.29) is 24.4 Å². The van der Waals surface area contributed by atoms with Crippen LogP contribution in [0.3, 0.4) is 0 Å². The number of hydrogen-bond donors (Lipinski definition) is 1. The molecule has 1 saturated heterocycles. The first-order valence-corrected chi connectivity index (χ1v) is 6.78. The van der Waals surface area contributed by atoms with Gasteiger partial charge in [-0.25, -0.2) is 4.98 Å². The predicted molar refractivity (Wildman–Crippen MR) is 82.6 cm³/mol. The normalized spacial score (nSPS) is 18.1. The van der Waals surface area contributed by atoms with E-state index in [1.54, 1.807) is 0 Å². The van der Waals surface area contributed by atoms with Gasteiger partial charge in [0.05, 0.1) is 0 Å². The van der Waals surface area contributed by atoms with E-state index in [1.165, 1.54) is 6.26 Å². The van der Waals surface area contributed by atoms with E-state index >= 15 is 0 Å². The molecule has 21 heavy (non-hydrogen) atoms. The molecule has 0 radical (unpaired) electrons. The number of piperazine rings is 1. The number of nitrogens with one attached hydrogen (secondary N) is 1. The summed E-state index contributed by atoms with van der Waals surface area (Å²) in [4.78, 5) is 18.6. The van der Waals surface area contributed by atoms with Crippen molar-refractivity contribution in [2.24, 2.45) is 0 Å². The molecule has 6 heteroatoms. The molecular formula is C15H18ClN3O2. The third kappa shape index (κ3) is 3.25. The zero-order valence-corrected chi connectivity index (χ0v) is 12.6. The molecule has 112 valence electrons. The summed E-state index contributed by atoms with van der Waals surface area (Å²) < 4.78 is 5.42. The van der Waals surface area contributed by atoms with Crippen molar-refractivity contribution in [2.75, 3.05) is 19.6 Å². The Hall–Kier alpha value is -1.85. The summed E-state index contributed by atoms with van der Waals surface area (Å²) in [5.41, 5.74) is 1.25. The van der Waals surface area contributed by atoms with E-state index in [4.69, 9.17) is 4.42 Å². The second kappa shape index (κ2) is 6.74. The lowest BCUT2D eigenvalue weighted by molar-refractivity contribution is 0.0649. The monoisotopic (exact) mass is 307 g/mol. The van der Waals surface area contributed by atoms with Gasteiger partial charge < -0.3 is 14.6 Å². The molecule has 1 aliphatic rings. The van der Waals surface area contributed by atoms with Crippen LogP contribution < -0.4 is 5.32 Å². The minimum atomic E-state index is -0.0649. The number of aromatic nitrogens is 1. The zero-order valence-electron chi connectivity index (χ0n) is 11.8. The van der Waals surface area contributed by atoms with Crippen molar-refractivity contribution in [2.45, 2.75) is 13.0 Å². The molecule has 2 heterocycles. The first-order chi connectivity index (χ1) is 9.75. The van der Waals surface area contributed by atoms with Crippen LogP contribution in [0.1, 0.15) is 17.4 Å². The Morgan fingerprint density at radius 1 is 1.38 bits per heavy atom. The van der Waals surface area contributed by atoms with Gasteiger partial charge in [0, 0.05) is 31.2 Å². The maximum absolute atomic E-state index is 12.4. The van der Waals surface area contributed by atoms with E-state index in [0.29, 0.717) is 18.1 Å². The van der Waals surface area contributed by atoms with Gasteiger partial charge in [0.2, 0.25) is 5.89 Å². The van der Waals surface area contributed by atoms with Crippen LogP contribution in [0.4, 0.5) is 0 Å². The number of nitrogens with zero attached hydrogens (tertiary/aromatic N) is 2. The van der Waals surface area contributed by atoms with E-state index in [0.717, 1.165) is 18.7 Å². The largest absolute Gasteiger partial charge is 0.444 e. The second-order valence-electron chi connectivity index (χ2n) is 4.96. The van der Waals surface area contributed by atoms with Gasteiger partial charge in [-0.3, -0.25) is 4.79 Å². The maximum Gasteiger partial charge on any atom is 0.276 e. The lowest BCUT2D eigenvalue weighted by Crippen LogP contribution is -2.52. The van der Waals surface area contributed by atoms with Crippen molar-refractivity contribution >= 4 is 18.3 Å². The molecule has 1 fully saturated rings. The van der Waals surface area contributed by atoms with Gasteiger partial charge in [0.15, 0.2) is 5.69 Å². The Balaban J connectivity index is 0.00000161. The number of halogens is 1. The number of benzene rings is 1. The molecule has 1 aromatic carbocycles. The highest BCUT2D eigenvalue weighted by Crippen LogP contribution is 2.19. The van der Waals surface area contributed by atoms with Crippen LogP contribution in [-0.4, -0.2) is 41.5 Å². The van der Waals surface area contributed by atoms with Gasteiger partial charge in [0.25, 0.3) is 5.91 Å². The molecular weight excluding hydrogens is 290 g/mol. The minimum absolute atomic E-state index is 0. The number of rotatable bonds is 2. The third-order valence-corrected chi connectivity index (χ3v) is 3.51. The fourth-order valence-electron chi connectivity index (χ4n) is 2.38. The molecule has 1 aromatic heterocycles. The summed E-state index contributed by atoms with van der Waals surface area (Å²) in [7, 11) is 0. The predicted octanol–water partition coefficient (Wildman–Crippen LogP) is 2.20. The first-order valence-electron chi connectivity index (χ1n) is 6.78. The summed E-state index contributed by atoms with van der Waals surface area (Å²) in [5.74, 6) is 0.418. The van der Waals surface area contributed by atoms with Crippen LogP contribution in [0.15, 0.2) is 41.0 Å². The Morgan fingerprint density at radius 3 is 2.86 bits per heavy atom. The second-order valence-corrected chi connectivity index (χ2v) is 4.96. The van der Waals surface area contributed by atoms with Gasteiger partial charge in [-0.15, -0.1) is 12.4 Å². The van der Waals surface area contributed by atoms with Crippen LogP contribution >= 0.6 is 12.4 Å². The smallest absolute Gasteiger partial charge is 0.276 e. The van der Waals surface area contributed by atoms with Gasteiger partial charge in [-0.1, -0.05) is 18.2 Å². The first kappa shape index (κ1) is 15.5. The standard InChI is InChI=1S/C15H17N3O2.ClH/c1-11-9-16-7-8-18(11)15(19)13-10-20-14(17-13)12-5-3-2-4-6-12;/h2-6,10-11,16H,7-9H2,1H3;1H/t11-;/m1./s1. The van der Waals surface area contributed by atoms with Crippen molar-refractivity contribution in [1.29, 1.82) is 0 Å².